The van der Waals surface area contributed by atoms with Crippen LogP contribution in [0, 0.1) is 0 Å². The molecule has 0 unspecified atom stereocenters. The fraction of sp³-hybridized carbons (Fsp3) is 0.0741. The molecule has 37 heavy (non-hydrogen) atoms. The highest BCUT2D eigenvalue weighted by atomic mass is 32.2. The summed E-state index contributed by atoms with van der Waals surface area (Å²) in [7, 11) is -2.71. The van der Waals surface area contributed by atoms with Gasteiger partial charge in [0, 0.05) is 5.69 Å². The highest BCUT2D eigenvalue weighted by Gasteiger charge is 2.25. The summed E-state index contributed by atoms with van der Waals surface area (Å²) in [5.74, 6) is -0.896. The molecule has 5 aromatic rings. The van der Waals surface area contributed by atoms with E-state index in [4.69, 9.17) is 0 Å². The number of thioether (sulfide) groups is 1. The van der Waals surface area contributed by atoms with Crippen molar-refractivity contribution in [1.29, 1.82) is 0 Å². The van der Waals surface area contributed by atoms with Crippen LogP contribution in [0.3, 0.4) is 0 Å². The predicted octanol–water partition coefficient (Wildman–Crippen LogP) is 4.94. The number of carbonyl (C=O) groups excluding carboxylic acids is 2. The van der Waals surface area contributed by atoms with Gasteiger partial charge in [0.15, 0.2) is 5.16 Å². The van der Waals surface area contributed by atoms with Crippen molar-refractivity contribution in [2.24, 2.45) is 0 Å². The third kappa shape index (κ3) is 4.93. The topological polar surface area (TPSA) is 107 Å². The number of ether oxygens (including phenoxy) is 1. The van der Waals surface area contributed by atoms with Crippen molar-refractivity contribution >= 4 is 61.2 Å². The zero-order valence-electron chi connectivity index (χ0n) is 19.6. The lowest BCUT2D eigenvalue weighted by Gasteiger charge is -2.11. The van der Waals surface area contributed by atoms with Crippen LogP contribution in [-0.2, 0) is 19.6 Å². The number of amides is 1. The van der Waals surface area contributed by atoms with Crippen LogP contribution in [0.4, 0.5) is 5.69 Å². The number of hydrogen-bond donors (Lipinski definition) is 1. The molecule has 1 aromatic heterocycles. The minimum absolute atomic E-state index is 0.0741. The second-order valence-corrected chi connectivity index (χ2v) is 10.8. The molecule has 1 heterocycles. The highest BCUT2D eigenvalue weighted by Crippen LogP contribution is 2.30. The lowest BCUT2D eigenvalue weighted by Crippen LogP contribution is -2.17. The average Bonchev–Trinajstić information content (AvgIpc) is 3.31. The molecular formula is C27H21N3O5S2. The molecule has 0 bridgehead atoms. The fourth-order valence-electron chi connectivity index (χ4n) is 3.87. The predicted molar refractivity (Wildman–Crippen MR) is 143 cm³/mol. The molecule has 5 rings (SSSR count). The number of rotatable bonds is 7. The molecule has 0 spiro atoms. The van der Waals surface area contributed by atoms with E-state index in [9.17, 15) is 18.0 Å². The molecule has 1 amide bonds. The van der Waals surface area contributed by atoms with Crippen molar-refractivity contribution in [3.8, 4) is 0 Å². The molecule has 0 fully saturated rings. The molecule has 0 aliphatic carbocycles. The molecule has 0 radical (unpaired) electrons. The first-order valence-electron chi connectivity index (χ1n) is 11.2. The number of hydrogen-bond acceptors (Lipinski definition) is 7. The summed E-state index contributed by atoms with van der Waals surface area (Å²) in [6, 6.07) is 25.7. The van der Waals surface area contributed by atoms with Gasteiger partial charge in [-0.3, -0.25) is 4.79 Å². The van der Waals surface area contributed by atoms with E-state index in [-0.39, 0.29) is 21.7 Å². The zero-order chi connectivity index (χ0) is 26.0. The molecule has 4 aromatic carbocycles. The second kappa shape index (κ2) is 10.1. The van der Waals surface area contributed by atoms with Crippen molar-refractivity contribution in [3.63, 3.8) is 0 Å². The van der Waals surface area contributed by atoms with Gasteiger partial charge in [-0.2, -0.15) is 0 Å². The Balaban J connectivity index is 1.42. The van der Waals surface area contributed by atoms with Crippen LogP contribution in [0.25, 0.3) is 21.8 Å². The van der Waals surface area contributed by atoms with Gasteiger partial charge in [-0.25, -0.2) is 22.2 Å². The van der Waals surface area contributed by atoms with Gasteiger partial charge in [0.1, 0.15) is 0 Å². The van der Waals surface area contributed by atoms with Gasteiger partial charge >= 0.3 is 5.97 Å². The van der Waals surface area contributed by atoms with Gasteiger partial charge in [-0.1, -0.05) is 54.2 Å². The lowest BCUT2D eigenvalue weighted by atomic mass is 10.1. The first kappa shape index (κ1) is 24.5. The van der Waals surface area contributed by atoms with Crippen LogP contribution in [0.2, 0.25) is 0 Å². The number of methoxy groups -OCH3 is 1. The van der Waals surface area contributed by atoms with Gasteiger partial charge in [0.2, 0.25) is 5.91 Å². The Morgan fingerprint density at radius 1 is 0.919 bits per heavy atom. The Morgan fingerprint density at radius 3 is 2.38 bits per heavy atom. The number of benzene rings is 4. The summed E-state index contributed by atoms with van der Waals surface area (Å²) in [4.78, 5) is 28.9. The maximum atomic E-state index is 13.8. The zero-order valence-corrected chi connectivity index (χ0v) is 21.3. The standard InChI is InChI=1S/C27H21N3O5S2/c1-35-26(32)19-10-13-21(14-11-19)28-25(31)17-36-27-29-23-8-4-5-9-24(23)30(27)37(33,34)22-15-12-18-6-2-3-7-20(18)16-22/h2-16H,17H2,1H3,(H,28,31). The third-order valence-corrected chi connectivity index (χ3v) is 8.43. The van der Waals surface area contributed by atoms with E-state index < -0.39 is 16.0 Å². The molecule has 10 heteroatoms. The van der Waals surface area contributed by atoms with E-state index in [1.165, 1.54) is 11.1 Å². The number of carbonyl (C=O) groups is 2. The molecule has 1 N–H and O–H groups in total. The molecule has 186 valence electrons. The first-order valence-corrected chi connectivity index (χ1v) is 13.6. The van der Waals surface area contributed by atoms with Crippen LogP contribution < -0.4 is 5.32 Å². The van der Waals surface area contributed by atoms with E-state index >= 15 is 0 Å². The van der Waals surface area contributed by atoms with E-state index in [0.29, 0.717) is 22.3 Å². The van der Waals surface area contributed by atoms with Crippen molar-refractivity contribution < 1.29 is 22.7 Å². The molecule has 0 saturated carbocycles. The molecule has 0 aliphatic heterocycles. The van der Waals surface area contributed by atoms with Gasteiger partial charge in [-0.05, 0) is 59.3 Å². The largest absolute Gasteiger partial charge is 0.465 e. The summed E-state index contributed by atoms with van der Waals surface area (Å²) in [5, 5.41) is 4.67. The highest BCUT2D eigenvalue weighted by molar-refractivity contribution is 8.00. The fourth-order valence-corrected chi connectivity index (χ4v) is 6.42. The SMILES string of the molecule is COC(=O)c1ccc(NC(=O)CSc2nc3ccccc3n2S(=O)(=O)c2ccc3ccccc3c2)cc1. The molecule has 0 saturated heterocycles. The van der Waals surface area contributed by atoms with Crippen LogP contribution in [0.1, 0.15) is 10.4 Å². The molecule has 0 aliphatic rings. The molecule has 8 nitrogen and oxygen atoms in total. The summed E-state index contributed by atoms with van der Waals surface area (Å²) < 4.78 is 33.4. The van der Waals surface area contributed by atoms with Crippen LogP contribution >= 0.6 is 11.8 Å². The minimum atomic E-state index is -4.01. The Morgan fingerprint density at radius 2 is 1.62 bits per heavy atom. The Hall–Kier alpha value is -4.15. The van der Waals surface area contributed by atoms with Gasteiger partial charge in [-0.15, -0.1) is 0 Å². The maximum Gasteiger partial charge on any atom is 0.337 e. The smallest absolute Gasteiger partial charge is 0.337 e. The van der Waals surface area contributed by atoms with E-state index in [0.717, 1.165) is 22.5 Å². The summed E-state index contributed by atoms with van der Waals surface area (Å²) in [6.45, 7) is 0. The first-order chi connectivity index (χ1) is 17.9. The van der Waals surface area contributed by atoms with E-state index in [1.54, 1.807) is 66.7 Å². The monoisotopic (exact) mass is 531 g/mol. The van der Waals surface area contributed by atoms with E-state index in [2.05, 4.69) is 15.0 Å². The van der Waals surface area contributed by atoms with Crippen molar-refractivity contribution in [3.05, 3.63) is 96.6 Å². The minimum Gasteiger partial charge on any atom is -0.465 e. The summed E-state index contributed by atoms with van der Waals surface area (Å²) in [6.07, 6.45) is 0. The van der Waals surface area contributed by atoms with Crippen LogP contribution in [-0.4, -0.2) is 42.1 Å². The molecular weight excluding hydrogens is 510 g/mol. The normalized spacial score (nSPS) is 11.5. The average molecular weight is 532 g/mol. The Kier molecular flexibility index (Phi) is 6.68. The van der Waals surface area contributed by atoms with Crippen molar-refractivity contribution in [1.82, 2.24) is 8.96 Å². The van der Waals surface area contributed by atoms with Gasteiger partial charge < -0.3 is 10.1 Å². The quantitative estimate of drug-likeness (QED) is 0.234. The van der Waals surface area contributed by atoms with Gasteiger partial charge in [0.25, 0.3) is 10.0 Å². The third-order valence-electron chi connectivity index (χ3n) is 5.67. The number of anilines is 1. The number of fused-ring (bicyclic) bond motifs is 2. The van der Waals surface area contributed by atoms with E-state index in [1.807, 2.05) is 24.3 Å². The Bertz CT molecular complexity index is 1750. The molecule has 0 atom stereocenters. The van der Waals surface area contributed by atoms with Gasteiger partial charge in [0.05, 0.1) is 34.4 Å². The number of nitrogens with one attached hydrogen (secondary N) is 1. The number of aromatic nitrogens is 2. The lowest BCUT2D eigenvalue weighted by molar-refractivity contribution is -0.113. The van der Waals surface area contributed by atoms with Crippen molar-refractivity contribution in [2.75, 3.05) is 18.2 Å². The second-order valence-electron chi connectivity index (χ2n) is 8.07. The Labute approximate surface area is 217 Å². The number of imidazole rings is 1. The number of nitrogens with zero attached hydrogens (tertiary/aromatic N) is 2. The summed E-state index contributed by atoms with van der Waals surface area (Å²) in [5.41, 5.74) is 1.79. The van der Waals surface area contributed by atoms with Crippen molar-refractivity contribution in [2.45, 2.75) is 10.1 Å². The van der Waals surface area contributed by atoms with Crippen LogP contribution in [0.15, 0.2) is 101 Å². The number of esters is 1. The maximum absolute atomic E-state index is 13.8. The van der Waals surface area contributed by atoms with Crippen LogP contribution in [0.5, 0.6) is 0 Å². The number of para-hydroxylation sites is 2. The summed E-state index contributed by atoms with van der Waals surface area (Å²) >= 11 is 1.02.